The Hall–Kier alpha value is -3.79. The Kier molecular flexibility index (Phi) is 8.76. The number of nitrogen functional groups attached to an aromatic ring is 1. The maximum atomic E-state index is 12.1. The summed E-state index contributed by atoms with van der Waals surface area (Å²) in [5, 5.41) is 7.22. The Bertz CT molecular complexity index is 1510. The van der Waals surface area contributed by atoms with Gasteiger partial charge in [0.15, 0.2) is 0 Å². The molecular formula is C24H18Cl3N5O4. The van der Waals surface area contributed by atoms with Crippen LogP contribution in [0.25, 0.3) is 0 Å². The number of nitrogens with two attached hydrogens (primary N) is 1. The number of urea groups is 1. The van der Waals surface area contributed by atoms with Gasteiger partial charge in [-0.1, -0.05) is 34.8 Å². The van der Waals surface area contributed by atoms with Crippen molar-refractivity contribution in [2.75, 3.05) is 16.4 Å². The van der Waals surface area contributed by atoms with Gasteiger partial charge < -0.3 is 16.4 Å². The number of nitrogens with zero attached hydrogens (tertiary/aromatic N) is 2. The molecule has 1 heterocycles. The van der Waals surface area contributed by atoms with Crippen LogP contribution in [0.5, 0.6) is 0 Å². The zero-order chi connectivity index (χ0) is 26.4. The molecule has 0 saturated heterocycles. The van der Waals surface area contributed by atoms with Crippen molar-refractivity contribution in [1.29, 1.82) is 0 Å². The molecular weight excluding hydrogens is 529 g/mol. The molecule has 4 N–H and O–H groups in total. The topological polar surface area (TPSA) is 143 Å². The molecule has 0 aromatic heterocycles. The van der Waals surface area contributed by atoms with Crippen molar-refractivity contribution < 1.29 is 19.2 Å². The first-order valence-corrected chi connectivity index (χ1v) is 11.4. The van der Waals surface area contributed by atoms with Gasteiger partial charge in [0, 0.05) is 16.4 Å². The van der Waals surface area contributed by atoms with Crippen molar-refractivity contribution in [3.05, 3.63) is 85.9 Å². The number of amides is 4. The molecule has 0 spiro atoms. The number of ketones is 1. The van der Waals surface area contributed by atoms with E-state index in [0.717, 1.165) is 0 Å². The Morgan fingerprint density at radius 1 is 0.861 bits per heavy atom. The molecule has 0 bridgehead atoms. The van der Waals surface area contributed by atoms with Crippen molar-refractivity contribution in [2.45, 2.75) is 13.3 Å². The molecule has 1 aliphatic heterocycles. The van der Waals surface area contributed by atoms with Crippen LogP contribution in [0.4, 0.5) is 21.9 Å². The normalized spacial score (nSPS) is 11.3. The summed E-state index contributed by atoms with van der Waals surface area (Å²) in [6.07, 6.45) is -0.169. The lowest BCUT2D eigenvalue weighted by molar-refractivity contribution is -0.124. The first-order valence-electron chi connectivity index (χ1n) is 10.2. The first kappa shape index (κ1) is 26.8. The minimum absolute atomic E-state index is 0.169. The third-order valence-corrected chi connectivity index (χ3v) is 5.38. The summed E-state index contributed by atoms with van der Waals surface area (Å²) < 4.78 is 0. The van der Waals surface area contributed by atoms with E-state index in [-0.39, 0.29) is 23.1 Å². The molecule has 0 aliphatic carbocycles. The zero-order valence-electron chi connectivity index (χ0n) is 18.6. The van der Waals surface area contributed by atoms with Crippen LogP contribution in [-0.2, 0) is 9.59 Å². The van der Waals surface area contributed by atoms with E-state index >= 15 is 0 Å². The van der Waals surface area contributed by atoms with Crippen molar-refractivity contribution in [3.63, 3.8) is 0 Å². The van der Waals surface area contributed by atoms with Crippen LogP contribution >= 0.6 is 34.8 Å². The molecule has 36 heavy (non-hydrogen) atoms. The number of hydrogen-bond acceptors (Lipinski definition) is 5. The molecule has 1 aliphatic rings. The zero-order valence-corrected chi connectivity index (χ0v) is 20.9. The van der Waals surface area contributed by atoms with E-state index in [9.17, 15) is 19.2 Å². The van der Waals surface area contributed by atoms with Gasteiger partial charge in [0.1, 0.15) is 5.78 Å². The van der Waals surface area contributed by atoms with E-state index in [1.807, 2.05) is 0 Å². The van der Waals surface area contributed by atoms with Gasteiger partial charge in [-0.2, -0.15) is 9.98 Å². The Labute approximate surface area is 220 Å². The van der Waals surface area contributed by atoms with Gasteiger partial charge in [-0.15, -0.1) is 0 Å². The van der Waals surface area contributed by atoms with Gasteiger partial charge >= 0.3 is 6.03 Å². The van der Waals surface area contributed by atoms with Gasteiger partial charge in [-0.05, 0) is 61.5 Å². The standard InChI is InChI=1S/C13H9Cl3N2O.C11H9N3O3/c14-7-1-3-9(10(15)5-7)13(19)18-12-4-2-8(17)6-11(12)16;1-6(15)4-10(16)12-7-2-3-8-9(5-7)14-11(17)13-8/h1-6H,17H2,(H,18,19);2-3,5H,4H2,1H3,(H,12,16). The monoisotopic (exact) mass is 545 g/mol. The lowest BCUT2D eigenvalue weighted by Crippen LogP contribution is -2.23. The average Bonchev–Trinajstić information content (AvgIpc) is 3.14. The van der Waals surface area contributed by atoms with Crippen LogP contribution in [0.3, 0.4) is 0 Å². The molecule has 0 atom stereocenters. The number of Topliss-reactive ketones (excluding diaryl/α,β-unsaturated/α-hetero) is 1. The van der Waals surface area contributed by atoms with Crippen molar-refractivity contribution >= 4 is 75.5 Å². The first-order chi connectivity index (χ1) is 17.0. The third kappa shape index (κ3) is 7.35. The van der Waals surface area contributed by atoms with Gasteiger partial charge in [0.25, 0.3) is 5.91 Å². The molecule has 12 heteroatoms. The number of rotatable bonds is 5. The summed E-state index contributed by atoms with van der Waals surface area (Å²) in [6.45, 7) is 1.34. The predicted molar refractivity (Wildman–Crippen MR) is 138 cm³/mol. The second-order valence-electron chi connectivity index (χ2n) is 7.45. The van der Waals surface area contributed by atoms with Crippen LogP contribution in [0.15, 0.2) is 64.6 Å². The highest BCUT2D eigenvalue weighted by Crippen LogP contribution is 2.26. The highest BCUT2D eigenvalue weighted by molar-refractivity contribution is 6.37. The maximum Gasteiger partial charge on any atom is 0.368 e. The molecule has 184 valence electrons. The van der Waals surface area contributed by atoms with E-state index in [2.05, 4.69) is 20.6 Å². The molecule has 3 aromatic rings. The number of nitrogens with one attached hydrogen (secondary N) is 2. The highest BCUT2D eigenvalue weighted by Gasteiger charge is 2.13. The smallest absolute Gasteiger partial charge is 0.368 e. The number of hydrogen-bond donors (Lipinski definition) is 3. The van der Waals surface area contributed by atoms with E-state index < -0.39 is 11.9 Å². The molecule has 9 nitrogen and oxygen atoms in total. The largest absolute Gasteiger partial charge is 0.399 e. The average molecular weight is 547 g/mol. The minimum atomic E-state index is -0.549. The number of fused-ring (bicyclic) bond motifs is 1. The summed E-state index contributed by atoms with van der Waals surface area (Å²) in [5.74, 6) is -0.967. The van der Waals surface area contributed by atoms with E-state index in [4.69, 9.17) is 40.5 Å². The SMILES string of the molecule is CC(=O)CC(=O)Nc1ccc2c(c1)=NC(=O)N=2.Nc1ccc(NC(=O)c2ccc(Cl)cc2Cl)c(Cl)c1. The fourth-order valence-corrected chi connectivity index (χ4v) is 3.67. The summed E-state index contributed by atoms with van der Waals surface area (Å²) in [7, 11) is 0. The Morgan fingerprint density at radius 3 is 2.25 bits per heavy atom. The number of halogens is 3. The van der Waals surface area contributed by atoms with Crippen molar-refractivity contribution in [1.82, 2.24) is 0 Å². The van der Waals surface area contributed by atoms with Crippen LogP contribution < -0.4 is 27.1 Å². The van der Waals surface area contributed by atoms with E-state index in [1.54, 1.807) is 48.5 Å². The fraction of sp³-hybridized carbons (Fsp3) is 0.0833. The van der Waals surface area contributed by atoms with Gasteiger partial charge in [0.05, 0.1) is 38.4 Å². The van der Waals surface area contributed by atoms with Crippen molar-refractivity contribution in [3.8, 4) is 0 Å². The van der Waals surface area contributed by atoms with Gasteiger partial charge in [0.2, 0.25) is 5.91 Å². The molecule has 0 fully saturated rings. The quantitative estimate of drug-likeness (QED) is 0.320. The van der Waals surface area contributed by atoms with Crippen LogP contribution in [0.2, 0.25) is 15.1 Å². The van der Waals surface area contributed by atoms with E-state index in [1.165, 1.54) is 13.0 Å². The van der Waals surface area contributed by atoms with Crippen molar-refractivity contribution in [2.24, 2.45) is 9.98 Å². The second-order valence-corrected chi connectivity index (χ2v) is 8.71. The molecule has 0 saturated carbocycles. The highest BCUT2D eigenvalue weighted by atomic mass is 35.5. The lowest BCUT2D eigenvalue weighted by atomic mass is 10.2. The summed E-state index contributed by atoms with van der Waals surface area (Å²) in [6, 6.07) is 13.7. The maximum absolute atomic E-state index is 12.1. The van der Waals surface area contributed by atoms with Gasteiger partial charge in [-0.3, -0.25) is 14.4 Å². The van der Waals surface area contributed by atoms with Crippen LogP contribution in [-0.4, -0.2) is 23.6 Å². The lowest BCUT2D eigenvalue weighted by Gasteiger charge is -2.09. The number of anilines is 3. The number of carbonyl (C=O) groups is 4. The third-order valence-electron chi connectivity index (χ3n) is 4.52. The molecule has 4 amide bonds. The van der Waals surface area contributed by atoms with Crippen LogP contribution in [0, 0.1) is 0 Å². The Morgan fingerprint density at radius 2 is 1.58 bits per heavy atom. The molecule has 0 radical (unpaired) electrons. The van der Waals surface area contributed by atoms with Gasteiger partial charge in [-0.25, -0.2) is 4.79 Å². The van der Waals surface area contributed by atoms with Crippen LogP contribution in [0.1, 0.15) is 23.7 Å². The summed E-state index contributed by atoms with van der Waals surface area (Å²) in [5.41, 5.74) is 7.37. The Balaban J connectivity index is 0.000000202. The number of benzene rings is 3. The fourth-order valence-electron chi connectivity index (χ4n) is 2.94. The molecule has 0 unspecified atom stereocenters. The summed E-state index contributed by atoms with van der Waals surface area (Å²) >= 11 is 17.7. The molecule has 3 aromatic carbocycles. The predicted octanol–water partition coefficient (Wildman–Crippen LogP) is 4.46. The van der Waals surface area contributed by atoms with E-state index in [0.29, 0.717) is 43.4 Å². The second kappa shape index (κ2) is 11.8. The number of carbonyl (C=O) groups excluding carboxylic acids is 4. The molecule has 4 rings (SSSR count). The minimum Gasteiger partial charge on any atom is -0.399 e. The summed E-state index contributed by atoms with van der Waals surface area (Å²) in [4.78, 5) is 52.3.